The number of ether oxygens (including phenoxy) is 1. The van der Waals surface area contributed by atoms with Gasteiger partial charge in [-0.2, -0.15) is 0 Å². The zero-order valence-electron chi connectivity index (χ0n) is 15.6. The maximum atomic E-state index is 12.3. The van der Waals surface area contributed by atoms with Crippen LogP contribution in [0.2, 0.25) is 0 Å². The molecule has 0 aliphatic heterocycles. The van der Waals surface area contributed by atoms with Crippen molar-refractivity contribution in [1.82, 2.24) is 10.3 Å². The Morgan fingerprint density at radius 3 is 2.68 bits per heavy atom. The summed E-state index contributed by atoms with van der Waals surface area (Å²) >= 11 is 0. The lowest BCUT2D eigenvalue weighted by molar-refractivity contribution is -0.124. The number of carbonyl (C=O) groups excluding carboxylic acids is 2. The zero-order valence-corrected chi connectivity index (χ0v) is 16.4. The number of aromatic amines is 1. The number of hydrogen-bond donors (Lipinski definition) is 2. The van der Waals surface area contributed by atoms with Crippen molar-refractivity contribution >= 4 is 33.6 Å². The minimum Gasteiger partial charge on any atom is -0.452 e. The third-order valence-electron chi connectivity index (χ3n) is 4.34. The van der Waals surface area contributed by atoms with Crippen LogP contribution in [0, 0.1) is 0 Å². The average molecular weight is 398 g/mol. The molecule has 0 bridgehead atoms. The highest BCUT2D eigenvalue weighted by Gasteiger charge is 2.17. The standard InChI is InChI=1S/C21H22N2O4S/c1-2-28(26)19-10-6-4-8-17(19)21(25)27-14-20(24)22-12-11-15-13-23-18-9-5-3-7-16(15)18/h3-10,13,23H,2,11-12,14H2,1H3,(H,22,24)/t28-/m1/s1. The number of carbonyl (C=O) groups is 2. The number of para-hydroxylation sites is 1. The minimum atomic E-state index is -1.27. The Hall–Kier alpha value is -2.93. The number of esters is 1. The van der Waals surface area contributed by atoms with Crippen molar-refractivity contribution in [3.63, 3.8) is 0 Å². The van der Waals surface area contributed by atoms with Crippen LogP contribution >= 0.6 is 0 Å². The molecule has 0 fully saturated rings. The summed E-state index contributed by atoms with van der Waals surface area (Å²) in [5.74, 6) is -0.620. The van der Waals surface area contributed by atoms with Gasteiger partial charge in [0, 0.05) is 29.4 Å². The topological polar surface area (TPSA) is 88.3 Å². The largest absolute Gasteiger partial charge is 0.452 e. The predicted molar refractivity (Wildman–Crippen MR) is 109 cm³/mol. The van der Waals surface area contributed by atoms with Crippen LogP contribution in [-0.4, -0.2) is 40.0 Å². The quantitative estimate of drug-likeness (QED) is 0.571. The van der Waals surface area contributed by atoms with Gasteiger partial charge in [-0.3, -0.25) is 9.00 Å². The lowest BCUT2D eigenvalue weighted by Crippen LogP contribution is -2.30. The van der Waals surface area contributed by atoms with Crippen molar-refractivity contribution in [1.29, 1.82) is 0 Å². The summed E-state index contributed by atoms with van der Waals surface area (Å²) < 4.78 is 17.1. The Morgan fingerprint density at radius 1 is 1.11 bits per heavy atom. The normalized spacial score (nSPS) is 11.9. The van der Waals surface area contributed by atoms with Crippen LogP contribution in [0.15, 0.2) is 59.6 Å². The fourth-order valence-electron chi connectivity index (χ4n) is 2.92. The molecule has 3 aromatic rings. The molecule has 3 rings (SSSR count). The molecule has 146 valence electrons. The summed E-state index contributed by atoms with van der Waals surface area (Å²) in [5.41, 5.74) is 2.40. The summed E-state index contributed by atoms with van der Waals surface area (Å²) in [6, 6.07) is 14.6. The van der Waals surface area contributed by atoms with E-state index in [1.807, 2.05) is 30.5 Å². The van der Waals surface area contributed by atoms with Gasteiger partial charge in [0.1, 0.15) is 0 Å². The molecule has 0 radical (unpaired) electrons. The van der Waals surface area contributed by atoms with Gasteiger partial charge in [-0.1, -0.05) is 37.3 Å². The van der Waals surface area contributed by atoms with Gasteiger partial charge in [0.25, 0.3) is 5.91 Å². The number of hydrogen-bond acceptors (Lipinski definition) is 4. The molecule has 2 N–H and O–H groups in total. The van der Waals surface area contributed by atoms with Crippen LogP contribution in [-0.2, 0) is 26.8 Å². The molecule has 28 heavy (non-hydrogen) atoms. The third kappa shape index (κ3) is 4.67. The number of aromatic nitrogens is 1. The number of fused-ring (bicyclic) bond motifs is 1. The first-order chi connectivity index (χ1) is 13.6. The molecule has 0 aliphatic carbocycles. The molecule has 6 nitrogen and oxygen atoms in total. The summed E-state index contributed by atoms with van der Waals surface area (Å²) in [7, 11) is -1.27. The van der Waals surface area contributed by atoms with Gasteiger partial charge >= 0.3 is 5.97 Å². The van der Waals surface area contributed by atoms with Gasteiger partial charge in [0.15, 0.2) is 6.61 Å². The molecule has 0 spiro atoms. The molecule has 0 saturated carbocycles. The van der Waals surface area contributed by atoms with E-state index in [0.717, 1.165) is 16.5 Å². The highest BCUT2D eigenvalue weighted by Crippen LogP contribution is 2.18. The van der Waals surface area contributed by atoms with E-state index in [0.29, 0.717) is 23.6 Å². The van der Waals surface area contributed by atoms with E-state index in [4.69, 9.17) is 4.74 Å². The van der Waals surface area contributed by atoms with Crippen molar-refractivity contribution in [2.45, 2.75) is 18.2 Å². The highest BCUT2D eigenvalue weighted by molar-refractivity contribution is 7.85. The maximum absolute atomic E-state index is 12.3. The van der Waals surface area contributed by atoms with E-state index in [2.05, 4.69) is 10.3 Å². The van der Waals surface area contributed by atoms with Gasteiger partial charge in [0.05, 0.1) is 21.3 Å². The summed E-state index contributed by atoms with van der Waals surface area (Å²) in [4.78, 5) is 27.9. The Kier molecular flexibility index (Phi) is 6.60. The number of amides is 1. The van der Waals surface area contributed by atoms with Gasteiger partial charge in [-0.15, -0.1) is 0 Å². The van der Waals surface area contributed by atoms with E-state index in [1.54, 1.807) is 31.2 Å². The Morgan fingerprint density at radius 2 is 1.86 bits per heavy atom. The van der Waals surface area contributed by atoms with Gasteiger partial charge in [0.2, 0.25) is 0 Å². The van der Waals surface area contributed by atoms with Crippen LogP contribution in [0.1, 0.15) is 22.8 Å². The first kappa shape index (κ1) is 19.8. The highest BCUT2D eigenvalue weighted by atomic mass is 32.2. The van der Waals surface area contributed by atoms with E-state index >= 15 is 0 Å². The summed E-state index contributed by atoms with van der Waals surface area (Å²) in [5, 5.41) is 3.88. The van der Waals surface area contributed by atoms with Gasteiger partial charge in [-0.25, -0.2) is 4.79 Å². The van der Waals surface area contributed by atoms with Gasteiger partial charge in [-0.05, 0) is 30.2 Å². The monoisotopic (exact) mass is 398 g/mol. The van der Waals surface area contributed by atoms with E-state index < -0.39 is 16.8 Å². The smallest absolute Gasteiger partial charge is 0.339 e. The van der Waals surface area contributed by atoms with Crippen molar-refractivity contribution in [3.05, 3.63) is 65.9 Å². The summed E-state index contributed by atoms with van der Waals surface area (Å²) in [6.45, 7) is 1.84. The fourth-order valence-corrected chi connectivity index (χ4v) is 3.86. The Labute approximate surface area is 165 Å². The first-order valence-corrected chi connectivity index (χ1v) is 10.4. The van der Waals surface area contributed by atoms with Crippen LogP contribution in [0.3, 0.4) is 0 Å². The second-order valence-corrected chi connectivity index (χ2v) is 7.87. The molecular weight excluding hydrogens is 376 g/mol. The van der Waals surface area contributed by atoms with E-state index in [1.165, 1.54) is 0 Å². The molecule has 0 saturated heterocycles. The lowest BCUT2D eigenvalue weighted by Gasteiger charge is -2.09. The molecule has 1 amide bonds. The van der Waals surface area contributed by atoms with Crippen molar-refractivity contribution in [2.75, 3.05) is 18.9 Å². The minimum absolute atomic E-state index is 0.231. The second-order valence-electron chi connectivity index (χ2n) is 6.17. The first-order valence-electron chi connectivity index (χ1n) is 9.06. The molecule has 1 heterocycles. The molecule has 2 aromatic carbocycles. The van der Waals surface area contributed by atoms with E-state index in [-0.39, 0.29) is 18.1 Å². The van der Waals surface area contributed by atoms with Crippen LogP contribution < -0.4 is 5.32 Å². The fraction of sp³-hybridized carbons (Fsp3) is 0.238. The van der Waals surface area contributed by atoms with Crippen LogP contribution in [0.25, 0.3) is 10.9 Å². The Balaban J connectivity index is 1.49. The van der Waals surface area contributed by atoms with Crippen molar-refractivity contribution in [3.8, 4) is 0 Å². The average Bonchev–Trinajstić information content (AvgIpc) is 3.14. The SMILES string of the molecule is CC[S@@](=O)c1ccccc1C(=O)OCC(=O)NCCc1c[nH]c2ccccc12. The van der Waals surface area contributed by atoms with Crippen LogP contribution in [0.5, 0.6) is 0 Å². The van der Waals surface area contributed by atoms with Crippen molar-refractivity contribution < 1.29 is 18.5 Å². The third-order valence-corrected chi connectivity index (χ3v) is 5.71. The second kappa shape index (κ2) is 9.32. The molecule has 0 unspecified atom stereocenters. The molecule has 7 heteroatoms. The number of benzene rings is 2. The number of nitrogens with one attached hydrogen (secondary N) is 2. The summed E-state index contributed by atoms with van der Waals surface area (Å²) in [6.07, 6.45) is 2.60. The zero-order chi connectivity index (χ0) is 19.9. The number of rotatable bonds is 8. The molecule has 1 aromatic heterocycles. The van der Waals surface area contributed by atoms with E-state index in [9.17, 15) is 13.8 Å². The predicted octanol–water partition coefficient (Wildman–Crippen LogP) is 2.81. The van der Waals surface area contributed by atoms with Crippen LogP contribution in [0.4, 0.5) is 0 Å². The Bertz CT molecular complexity index is 1010. The lowest BCUT2D eigenvalue weighted by atomic mass is 10.1. The molecule has 1 atom stereocenters. The maximum Gasteiger partial charge on any atom is 0.339 e. The molecular formula is C21H22N2O4S. The molecule has 0 aliphatic rings. The van der Waals surface area contributed by atoms with Crippen molar-refractivity contribution in [2.24, 2.45) is 0 Å². The number of H-pyrrole nitrogens is 1. The van der Waals surface area contributed by atoms with Gasteiger partial charge < -0.3 is 15.0 Å².